The van der Waals surface area contributed by atoms with Gasteiger partial charge in [0.1, 0.15) is 11.4 Å². The molecular weight excluding hydrogens is 403 g/mol. The molecule has 0 saturated carbocycles. The van der Waals surface area contributed by atoms with Crippen molar-refractivity contribution < 1.29 is 26.7 Å². The number of ether oxygens (including phenoxy) is 1. The molecule has 3 aromatic rings. The smallest absolute Gasteiger partial charge is 0.406 e. The number of pyridine rings is 1. The molecule has 0 fully saturated rings. The van der Waals surface area contributed by atoms with Crippen LogP contribution in [0.3, 0.4) is 0 Å². The third-order valence-electron chi connectivity index (χ3n) is 4.68. The van der Waals surface area contributed by atoms with Gasteiger partial charge >= 0.3 is 6.36 Å². The predicted octanol–water partition coefficient (Wildman–Crippen LogP) is 5.79. The van der Waals surface area contributed by atoms with Gasteiger partial charge in [-0.15, -0.1) is 13.2 Å². The molecular formula is C22H19F5N2O. The Bertz CT molecular complexity index is 968. The molecule has 1 heterocycles. The number of hydrogen-bond donors (Lipinski definition) is 1. The number of benzene rings is 2. The summed E-state index contributed by atoms with van der Waals surface area (Å²) >= 11 is 0. The summed E-state index contributed by atoms with van der Waals surface area (Å²) in [5.74, 6) is -4.91. The minimum atomic E-state index is -4.78. The summed E-state index contributed by atoms with van der Waals surface area (Å²) in [5, 5.41) is 0. The molecule has 0 bridgehead atoms. The molecule has 1 atom stereocenters. The second-order valence-corrected chi connectivity index (χ2v) is 6.83. The van der Waals surface area contributed by atoms with E-state index in [9.17, 15) is 13.2 Å². The second-order valence-electron chi connectivity index (χ2n) is 6.83. The van der Waals surface area contributed by atoms with E-state index < -0.39 is 23.9 Å². The van der Waals surface area contributed by atoms with Crippen molar-refractivity contribution in [2.24, 2.45) is 5.73 Å². The Morgan fingerprint density at radius 1 is 0.867 bits per heavy atom. The molecule has 0 saturated heterocycles. The third kappa shape index (κ3) is 4.94. The lowest BCUT2D eigenvalue weighted by Crippen LogP contribution is -2.31. The molecule has 158 valence electrons. The maximum atomic E-state index is 15.1. The summed E-state index contributed by atoms with van der Waals surface area (Å²) in [6.45, 7) is 1.60. The van der Waals surface area contributed by atoms with Crippen LogP contribution in [0.25, 0.3) is 11.1 Å². The van der Waals surface area contributed by atoms with Crippen molar-refractivity contribution in [3.05, 3.63) is 83.7 Å². The lowest BCUT2D eigenvalue weighted by Gasteiger charge is -2.26. The number of hydrogen-bond acceptors (Lipinski definition) is 3. The fraction of sp³-hybridized carbons (Fsp3) is 0.227. The van der Waals surface area contributed by atoms with Gasteiger partial charge in [-0.25, -0.2) is 0 Å². The monoisotopic (exact) mass is 422 g/mol. The lowest BCUT2D eigenvalue weighted by molar-refractivity contribution is -0.274. The van der Waals surface area contributed by atoms with Gasteiger partial charge in [0.15, 0.2) is 0 Å². The fourth-order valence-corrected chi connectivity index (χ4v) is 3.08. The standard InChI is InChI=1S/C22H19F5N2O/c1-14-2-4-16(5-3-14)19(12-28)21(23,24)20-11-8-17(13-29-20)15-6-9-18(10-7-15)30-22(25,26)27/h2-11,13,19H,12,28H2,1H3/t19-/m0/s1. The van der Waals surface area contributed by atoms with Crippen LogP contribution in [0.1, 0.15) is 22.7 Å². The van der Waals surface area contributed by atoms with E-state index >= 15 is 8.78 Å². The average molecular weight is 422 g/mol. The van der Waals surface area contributed by atoms with Gasteiger partial charge in [0.2, 0.25) is 0 Å². The summed E-state index contributed by atoms with van der Waals surface area (Å²) < 4.78 is 70.7. The van der Waals surface area contributed by atoms with Gasteiger partial charge in [-0.05, 0) is 36.2 Å². The molecule has 0 aliphatic rings. The van der Waals surface area contributed by atoms with Crippen molar-refractivity contribution in [2.45, 2.75) is 25.1 Å². The Labute approximate surface area is 170 Å². The maximum absolute atomic E-state index is 15.1. The zero-order chi connectivity index (χ0) is 21.9. The van der Waals surface area contributed by atoms with E-state index in [4.69, 9.17) is 5.73 Å². The molecule has 0 radical (unpaired) electrons. The number of aromatic nitrogens is 1. The average Bonchev–Trinajstić information content (AvgIpc) is 2.69. The molecule has 2 aromatic carbocycles. The first-order chi connectivity index (χ1) is 14.1. The molecule has 3 rings (SSSR count). The van der Waals surface area contributed by atoms with Crippen molar-refractivity contribution in [3.63, 3.8) is 0 Å². The minimum absolute atomic E-state index is 0.264. The Balaban J connectivity index is 1.82. The van der Waals surface area contributed by atoms with E-state index in [1.54, 1.807) is 24.3 Å². The van der Waals surface area contributed by atoms with Crippen molar-refractivity contribution in [1.82, 2.24) is 4.98 Å². The molecule has 1 aromatic heterocycles. The van der Waals surface area contributed by atoms with E-state index in [1.807, 2.05) is 6.92 Å². The Kier molecular flexibility index (Phi) is 6.07. The van der Waals surface area contributed by atoms with Gasteiger partial charge in [-0.3, -0.25) is 4.98 Å². The SMILES string of the molecule is Cc1ccc([C@H](CN)C(F)(F)c2ccc(-c3ccc(OC(F)(F)F)cc3)cn2)cc1. The summed E-state index contributed by atoms with van der Waals surface area (Å²) in [6.07, 6.45) is -3.53. The zero-order valence-corrected chi connectivity index (χ0v) is 16.0. The second kappa shape index (κ2) is 8.39. The molecule has 0 amide bonds. The van der Waals surface area contributed by atoms with E-state index in [0.29, 0.717) is 16.7 Å². The van der Waals surface area contributed by atoms with E-state index in [0.717, 1.165) is 17.7 Å². The highest BCUT2D eigenvalue weighted by atomic mass is 19.4. The van der Waals surface area contributed by atoms with E-state index in [-0.39, 0.29) is 12.3 Å². The van der Waals surface area contributed by atoms with Crippen LogP contribution in [-0.4, -0.2) is 17.9 Å². The molecule has 0 spiro atoms. The van der Waals surface area contributed by atoms with E-state index in [2.05, 4.69) is 9.72 Å². The minimum Gasteiger partial charge on any atom is -0.406 e. The summed E-state index contributed by atoms with van der Waals surface area (Å²) in [7, 11) is 0. The number of aryl methyl sites for hydroxylation is 1. The van der Waals surface area contributed by atoms with Gasteiger partial charge in [-0.1, -0.05) is 48.0 Å². The molecule has 8 heteroatoms. The van der Waals surface area contributed by atoms with Crippen LogP contribution >= 0.6 is 0 Å². The van der Waals surface area contributed by atoms with Gasteiger partial charge in [0.25, 0.3) is 5.92 Å². The first kappa shape index (κ1) is 21.7. The molecule has 0 aliphatic heterocycles. The van der Waals surface area contributed by atoms with Crippen LogP contribution in [0.15, 0.2) is 66.9 Å². The van der Waals surface area contributed by atoms with Crippen LogP contribution in [0.4, 0.5) is 22.0 Å². The Morgan fingerprint density at radius 2 is 1.47 bits per heavy atom. The molecule has 0 unspecified atom stereocenters. The highest BCUT2D eigenvalue weighted by Gasteiger charge is 2.42. The predicted molar refractivity (Wildman–Crippen MR) is 103 cm³/mol. The Hall–Kier alpha value is -3.00. The first-order valence-corrected chi connectivity index (χ1v) is 9.07. The number of nitrogens with zero attached hydrogens (tertiary/aromatic N) is 1. The number of nitrogens with two attached hydrogens (primary N) is 1. The van der Waals surface area contributed by atoms with Crippen molar-refractivity contribution in [3.8, 4) is 16.9 Å². The normalized spacial score (nSPS) is 13.2. The Morgan fingerprint density at radius 3 is 1.97 bits per heavy atom. The van der Waals surface area contributed by atoms with Crippen molar-refractivity contribution in [1.29, 1.82) is 0 Å². The highest BCUT2D eigenvalue weighted by molar-refractivity contribution is 5.63. The van der Waals surface area contributed by atoms with E-state index in [1.165, 1.54) is 30.5 Å². The number of alkyl halides is 5. The largest absolute Gasteiger partial charge is 0.573 e. The van der Waals surface area contributed by atoms with Crippen LogP contribution in [0.2, 0.25) is 0 Å². The number of halogens is 5. The summed E-state index contributed by atoms with van der Waals surface area (Å²) in [5.41, 5.74) is 7.58. The van der Waals surface area contributed by atoms with Crippen molar-refractivity contribution >= 4 is 0 Å². The summed E-state index contributed by atoms with van der Waals surface area (Å²) in [4.78, 5) is 3.90. The van der Waals surface area contributed by atoms with Gasteiger partial charge in [0, 0.05) is 18.3 Å². The van der Waals surface area contributed by atoms with Crippen LogP contribution < -0.4 is 10.5 Å². The van der Waals surface area contributed by atoms with Crippen LogP contribution in [-0.2, 0) is 5.92 Å². The van der Waals surface area contributed by atoms with Gasteiger partial charge in [0.05, 0.1) is 5.92 Å². The third-order valence-corrected chi connectivity index (χ3v) is 4.68. The molecule has 0 aliphatic carbocycles. The molecule has 3 nitrogen and oxygen atoms in total. The quantitative estimate of drug-likeness (QED) is 0.512. The fourth-order valence-electron chi connectivity index (χ4n) is 3.08. The lowest BCUT2D eigenvalue weighted by atomic mass is 9.89. The van der Waals surface area contributed by atoms with Gasteiger partial charge in [-0.2, -0.15) is 8.78 Å². The first-order valence-electron chi connectivity index (χ1n) is 9.07. The van der Waals surface area contributed by atoms with Crippen LogP contribution in [0, 0.1) is 6.92 Å². The summed E-state index contributed by atoms with van der Waals surface area (Å²) in [6, 6.07) is 14.5. The topological polar surface area (TPSA) is 48.1 Å². The molecule has 30 heavy (non-hydrogen) atoms. The highest BCUT2D eigenvalue weighted by Crippen LogP contribution is 2.41. The molecule has 2 N–H and O–H groups in total. The maximum Gasteiger partial charge on any atom is 0.573 e. The number of rotatable bonds is 6. The van der Waals surface area contributed by atoms with Gasteiger partial charge < -0.3 is 10.5 Å². The van der Waals surface area contributed by atoms with Crippen molar-refractivity contribution in [2.75, 3.05) is 6.54 Å². The van der Waals surface area contributed by atoms with Crippen LogP contribution in [0.5, 0.6) is 5.75 Å². The zero-order valence-electron chi connectivity index (χ0n) is 16.0.